The van der Waals surface area contributed by atoms with Crippen LogP contribution in [0.25, 0.3) is 0 Å². The van der Waals surface area contributed by atoms with Gasteiger partial charge in [-0.3, -0.25) is 9.59 Å². The Morgan fingerprint density at radius 1 is 1.21 bits per heavy atom. The minimum absolute atomic E-state index is 0. The van der Waals surface area contributed by atoms with Crippen LogP contribution in [0.15, 0.2) is 24.3 Å². The van der Waals surface area contributed by atoms with E-state index in [4.69, 9.17) is 16.2 Å². The number of carbonyl (C=O) groups is 2. The number of primary amides is 1. The first kappa shape index (κ1) is 20.4. The van der Waals surface area contributed by atoms with Crippen LogP contribution >= 0.6 is 12.4 Å². The molecule has 2 amide bonds. The van der Waals surface area contributed by atoms with Crippen LogP contribution in [0.2, 0.25) is 0 Å². The van der Waals surface area contributed by atoms with E-state index >= 15 is 0 Å². The summed E-state index contributed by atoms with van der Waals surface area (Å²) >= 11 is 0. The summed E-state index contributed by atoms with van der Waals surface area (Å²) in [5, 5.41) is 2.83. The van der Waals surface area contributed by atoms with Crippen molar-refractivity contribution >= 4 is 29.9 Å². The molecular weight excluding hydrogens is 330 g/mol. The molecule has 1 aliphatic rings. The number of hydrogen-bond acceptors (Lipinski definition) is 4. The van der Waals surface area contributed by atoms with Crippen LogP contribution < -0.4 is 16.8 Å². The standard InChI is InChI=1S/C17H25N3O3.ClH/c1-17(2,16(19)22)12-3-5-13(6-4-12)20-15(21)14(18)11-7-9-23-10-8-11;/h3-6,11,14H,7-10,18H2,1-2H3,(H2,19,22)(H,20,21);1H. The maximum Gasteiger partial charge on any atom is 0.241 e. The third-order valence-electron chi connectivity index (χ3n) is 4.57. The SMILES string of the molecule is CC(C)(C(N)=O)c1ccc(NC(=O)C(N)C2CCOCC2)cc1.Cl. The minimum atomic E-state index is -0.749. The van der Waals surface area contributed by atoms with Gasteiger partial charge >= 0.3 is 0 Å². The van der Waals surface area contributed by atoms with E-state index in [0.717, 1.165) is 18.4 Å². The highest BCUT2D eigenvalue weighted by Crippen LogP contribution is 2.24. The van der Waals surface area contributed by atoms with E-state index in [2.05, 4.69) is 5.32 Å². The molecule has 1 atom stereocenters. The van der Waals surface area contributed by atoms with Gasteiger partial charge in [-0.05, 0) is 50.3 Å². The largest absolute Gasteiger partial charge is 0.381 e. The molecule has 1 unspecified atom stereocenters. The fourth-order valence-corrected chi connectivity index (χ4v) is 2.63. The van der Waals surface area contributed by atoms with E-state index < -0.39 is 17.4 Å². The molecule has 1 fully saturated rings. The van der Waals surface area contributed by atoms with E-state index in [1.807, 2.05) is 0 Å². The van der Waals surface area contributed by atoms with E-state index in [-0.39, 0.29) is 24.2 Å². The van der Waals surface area contributed by atoms with Crippen molar-refractivity contribution in [3.8, 4) is 0 Å². The lowest BCUT2D eigenvalue weighted by Crippen LogP contribution is -2.44. The molecule has 0 bridgehead atoms. The lowest BCUT2D eigenvalue weighted by atomic mass is 9.84. The van der Waals surface area contributed by atoms with E-state index in [1.54, 1.807) is 38.1 Å². The minimum Gasteiger partial charge on any atom is -0.381 e. The summed E-state index contributed by atoms with van der Waals surface area (Å²) in [6, 6.07) is 6.56. The Balaban J connectivity index is 0.00000288. The van der Waals surface area contributed by atoms with Crippen LogP contribution in [-0.2, 0) is 19.7 Å². The molecule has 6 nitrogen and oxygen atoms in total. The number of anilines is 1. The molecule has 7 heteroatoms. The number of benzene rings is 1. The lowest BCUT2D eigenvalue weighted by Gasteiger charge is -2.27. The van der Waals surface area contributed by atoms with Gasteiger partial charge < -0.3 is 21.5 Å². The van der Waals surface area contributed by atoms with Gasteiger partial charge in [0.05, 0.1) is 11.5 Å². The van der Waals surface area contributed by atoms with Gasteiger partial charge in [0.1, 0.15) is 0 Å². The van der Waals surface area contributed by atoms with E-state index in [0.29, 0.717) is 18.9 Å². The van der Waals surface area contributed by atoms with Crippen molar-refractivity contribution in [3.63, 3.8) is 0 Å². The fourth-order valence-electron chi connectivity index (χ4n) is 2.63. The third kappa shape index (κ3) is 4.69. The number of nitrogens with two attached hydrogens (primary N) is 2. The number of rotatable bonds is 5. The molecule has 134 valence electrons. The predicted octanol–water partition coefficient (Wildman–Crippen LogP) is 1.56. The number of halogens is 1. The monoisotopic (exact) mass is 355 g/mol. The van der Waals surface area contributed by atoms with Crippen molar-refractivity contribution in [3.05, 3.63) is 29.8 Å². The van der Waals surface area contributed by atoms with Gasteiger partial charge in [0, 0.05) is 18.9 Å². The van der Waals surface area contributed by atoms with Gasteiger partial charge in [0.15, 0.2) is 0 Å². The fraction of sp³-hybridized carbons (Fsp3) is 0.529. The zero-order valence-corrected chi connectivity index (χ0v) is 14.9. The average molecular weight is 356 g/mol. The first-order valence-electron chi connectivity index (χ1n) is 7.87. The van der Waals surface area contributed by atoms with Gasteiger partial charge in [-0.2, -0.15) is 0 Å². The summed E-state index contributed by atoms with van der Waals surface area (Å²) in [6.45, 7) is 4.85. The summed E-state index contributed by atoms with van der Waals surface area (Å²) in [5.74, 6) is -0.438. The molecule has 24 heavy (non-hydrogen) atoms. The normalized spacial score (nSPS) is 16.8. The van der Waals surface area contributed by atoms with Crippen LogP contribution in [0.4, 0.5) is 5.69 Å². The molecule has 1 aromatic rings. The van der Waals surface area contributed by atoms with Crippen molar-refractivity contribution in [2.24, 2.45) is 17.4 Å². The van der Waals surface area contributed by atoms with Crippen LogP contribution in [0, 0.1) is 5.92 Å². The Hall–Kier alpha value is -1.63. The molecule has 1 saturated heterocycles. The van der Waals surface area contributed by atoms with E-state index in [1.165, 1.54) is 0 Å². The first-order valence-corrected chi connectivity index (χ1v) is 7.87. The summed E-state index contributed by atoms with van der Waals surface area (Å²) in [6.07, 6.45) is 1.61. The maximum atomic E-state index is 12.3. The maximum absolute atomic E-state index is 12.3. The lowest BCUT2D eigenvalue weighted by molar-refractivity contribution is -0.122. The Bertz CT molecular complexity index is 569. The smallest absolute Gasteiger partial charge is 0.241 e. The quantitative estimate of drug-likeness (QED) is 0.744. The van der Waals surface area contributed by atoms with Crippen molar-refractivity contribution in [1.29, 1.82) is 0 Å². The summed E-state index contributed by atoms with van der Waals surface area (Å²) in [5.41, 5.74) is 12.2. The molecule has 1 aromatic carbocycles. The number of carbonyl (C=O) groups excluding carboxylic acids is 2. The summed E-state index contributed by atoms with van der Waals surface area (Å²) in [4.78, 5) is 23.7. The predicted molar refractivity (Wildman–Crippen MR) is 96.1 cm³/mol. The first-order chi connectivity index (χ1) is 10.8. The van der Waals surface area contributed by atoms with Crippen molar-refractivity contribution in [2.75, 3.05) is 18.5 Å². The molecule has 1 heterocycles. The molecule has 0 radical (unpaired) electrons. The highest BCUT2D eigenvalue weighted by Gasteiger charge is 2.28. The highest BCUT2D eigenvalue weighted by molar-refractivity contribution is 5.95. The zero-order valence-electron chi connectivity index (χ0n) is 14.1. The van der Waals surface area contributed by atoms with Crippen LogP contribution in [-0.4, -0.2) is 31.1 Å². The second kappa shape index (κ2) is 8.46. The van der Waals surface area contributed by atoms with Gasteiger partial charge in [0.2, 0.25) is 11.8 Å². The molecule has 0 aromatic heterocycles. The number of nitrogens with one attached hydrogen (secondary N) is 1. The Kier molecular flexibility index (Phi) is 7.20. The molecule has 5 N–H and O–H groups in total. The number of ether oxygens (including phenoxy) is 1. The van der Waals surface area contributed by atoms with Crippen LogP contribution in [0.1, 0.15) is 32.3 Å². The average Bonchev–Trinajstić information content (AvgIpc) is 2.55. The molecule has 2 rings (SSSR count). The summed E-state index contributed by atoms with van der Waals surface area (Å²) < 4.78 is 5.29. The van der Waals surface area contributed by atoms with Gasteiger partial charge in [-0.25, -0.2) is 0 Å². The van der Waals surface area contributed by atoms with Gasteiger partial charge in [-0.15, -0.1) is 12.4 Å². The number of amides is 2. The van der Waals surface area contributed by atoms with Crippen molar-refractivity contribution in [1.82, 2.24) is 0 Å². The zero-order chi connectivity index (χ0) is 17.0. The Morgan fingerprint density at radius 3 is 2.25 bits per heavy atom. The molecule has 0 aliphatic carbocycles. The molecular formula is C17H26ClN3O3. The van der Waals surface area contributed by atoms with E-state index in [9.17, 15) is 9.59 Å². The second-order valence-electron chi connectivity index (χ2n) is 6.53. The molecule has 1 aliphatic heterocycles. The van der Waals surface area contributed by atoms with Crippen LogP contribution in [0.3, 0.4) is 0 Å². The number of hydrogen-bond donors (Lipinski definition) is 3. The Labute approximate surface area is 148 Å². The van der Waals surface area contributed by atoms with Gasteiger partial charge in [-0.1, -0.05) is 12.1 Å². The third-order valence-corrected chi connectivity index (χ3v) is 4.57. The Morgan fingerprint density at radius 2 is 1.75 bits per heavy atom. The topological polar surface area (TPSA) is 107 Å². The summed E-state index contributed by atoms with van der Waals surface area (Å²) in [7, 11) is 0. The highest BCUT2D eigenvalue weighted by atomic mass is 35.5. The second-order valence-corrected chi connectivity index (χ2v) is 6.53. The van der Waals surface area contributed by atoms with Crippen molar-refractivity contribution in [2.45, 2.75) is 38.1 Å². The molecule has 0 saturated carbocycles. The van der Waals surface area contributed by atoms with Crippen LogP contribution in [0.5, 0.6) is 0 Å². The molecule has 0 spiro atoms. The van der Waals surface area contributed by atoms with Gasteiger partial charge in [0.25, 0.3) is 0 Å². The van der Waals surface area contributed by atoms with Crippen molar-refractivity contribution < 1.29 is 14.3 Å².